The summed E-state index contributed by atoms with van der Waals surface area (Å²) in [6.45, 7) is 0. The molecule has 0 radical (unpaired) electrons. The van der Waals surface area contributed by atoms with Crippen molar-refractivity contribution in [3.05, 3.63) is 4.77 Å². The molecule has 1 aromatic rings. The third-order valence-corrected chi connectivity index (χ3v) is 3.91. The minimum absolute atomic E-state index is 0.617. The number of nitrogens with zero attached hydrogens (tertiary/aromatic N) is 3. The second kappa shape index (κ2) is 4.99. The van der Waals surface area contributed by atoms with Crippen LogP contribution < -0.4 is 4.90 Å². The Bertz CT molecular complexity index is 387. The van der Waals surface area contributed by atoms with Crippen LogP contribution >= 0.6 is 12.2 Å². The second-order valence-electron chi connectivity index (χ2n) is 4.64. The van der Waals surface area contributed by atoms with Crippen molar-refractivity contribution in [2.75, 3.05) is 11.9 Å². The molecule has 1 aliphatic rings. The standard InChI is InChI=1S/C11H20N4S/c1-14(9-7-5-3-4-6-8-9)10-12-13-11(16)15(10)2/h9H,3-8H2,1-2H3,(H,13,16). The summed E-state index contributed by atoms with van der Waals surface area (Å²) in [7, 11) is 4.09. The fraction of sp³-hybridized carbons (Fsp3) is 0.818. The van der Waals surface area contributed by atoms with Crippen LogP contribution in [-0.2, 0) is 7.05 Å². The normalized spacial score (nSPS) is 18.4. The van der Waals surface area contributed by atoms with Crippen molar-refractivity contribution < 1.29 is 0 Å². The van der Waals surface area contributed by atoms with E-state index >= 15 is 0 Å². The Morgan fingerprint density at radius 3 is 2.44 bits per heavy atom. The molecule has 0 bridgehead atoms. The quantitative estimate of drug-likeness (QED) is 0.638. The zero-order valence-electron chi connectivity index (χ0n) is 10.1. The predicted octanol–water partition coefficient (Wildman–Crippen LogP) is 2.64. The van der Waals surface area contributed by atoms with E-state index in [0.29, 0.717) is 10.8 Å². The Balaban J connectivity index is 2.14. The number of aromatic nitrogens is 3. The smallest absolute Gasteiger partial charge is 0.225 e. The minimum Gasteiger partial charge on any atom is -0.341 e. The van der Waals surface area contributed by atoms with Crippen LogP contribution in [0.3, 0.4) is 0 Å². The van der Waals surface area contributed by atoms with Crippen LogP contribution in [-0.4, -0.2) is 27.9 Å². The van der Waals surface area contributed by atoms with E-state index in [1.165, 1.54) is 38.5 Å². The number of aromatic amines is 1. The van der Waals surface area contributed by atoms with E-state index in [0.717, 1.165) is 5.95 Å². The van der Waals surface area contributed by atoms with E-state index in [4.69, 9.17) is 12.2 Å². The summed E-state index contributed by atoms with van der Waals surface area (Å²) in [6.07, 6.45) is 7.98. The topological polar surface area (TPSA) is 36.9 Å². The second-order valence-corrected chi connectivity index (χ2v) is 5.03. The molecule has 0 aliphatic heterocycles. The van der Waals surface area contributed by atoms with E-state index in [-0.39, 0.29) is 0 Å². The third kappa shape index (κ3) is 2.29. The number of hydrogen-bond acceptors (Lipinski definition) is 3. The molecule has 0 amide bonds. The van der Waals surface area contributed by atoms with Crippen LogP contribution in [0.5, 0.6) is 0 Å². The highest BCUT2D eigenvalue weighted by Crippen LogP contribution is 2.23. The Morgan fingerprint density at radius 2 is 1.94 bits per heavy atom. The summed E-state index contributed by atoms with van der Waals surface area (Å²) in [5, 5.41) is 7.14. The van der Waals surface area contributed by atoms with Crippen molar-refractivity contribution in [1.82, 2.24) is 14.8 Å². The lowest BCUT2D eigenvalue weighted by Crippen LogP contribution is -2.33. The molecule has 1 saturated carbocycles. The Morgan fingerprint density at radius 1 is 1.31 bits per heavy atom. The van der Waals surface area contributed by atoms with Gasteiger partial charge in [0.15, 0.2) is 4.77 Å². The van der Waals surface area contributed by atoms with Gasteiger partial charge in [0.1, 0.15) is 0 Å². The first-order chi connectivity index (χ1) is 7.70. The number of hydrogen-bond donors (Lipinski definition) is 1. The molecular formula is C11H20N4S. The maximum absolute atomic E-state index is 5.14. The van der Waals surface area contributed by atoms with Gasteiger partial charge in [-0.1, -0.05) is 25.7 Å². The highest BCUT2D eigenvalue weighted by atomic mass is 32.1. The van der Waals surface area contributed by atoms with Crippen LogP contribution in [0.4, 0.5) is 5.95 Å². The zero-order valence-corrected chi connectivity index (χ0v) is 10.9. The van der Waals surface area contributed by atoms with Gasteiger partial charge in [-0.05, 0) is 25.1 Å². The lowest BCUT2D eigenvalue weighted by molar-refractivity contribution is 0.539. The van der Waals surface area contributed by atoms with Crippen LogP contribution in [0, 0.1) is 4.77 Å². The molecule has 16 heavy (non-hydrogen) atoms. The van der Waals surface area contributed by atoms with Crippen LogP contribution in [0.25, 0.3) is 0 Å². The van der Waals surface area contributed by atoms with Crippen LogP contribution in [0.1, 0.15) is 38.5 Å². The zero-order chi connectivity index (χ0) is 11.5. The first kappa shape index (κ1) is 11.6. The average molecular weight is 240 g/mol. The summed E-state index contributed by atoms with van der Waals surface area (Å²) in [5.41, 5.74) is 0. The number of nitrogens with one attached hydrogen (secondary N) is 1. The van der Waals surface area contributed by atoms with Gasteiger partial charge >= 0.3 is 0 Å². The molecule has 4 nitrogen and oxygen atoms in total. The van der Waals surface area contributed by atoms with Crippen molar-refractivity contribution in [2.45, 2.75) is 44.6 Å². The molecule has 1 heterocycles. The van der Waals surface area contributed by atoms with Gasteiger partial charge in [0.25, 0.3) is 0 Å². The predicted molar refractivity (Wildman–Crippen MR) is 68.3 cm³/mol. The number of rotatable bonds is 2. The monoisotopic (exact) mass is 240 g/mol. The van der Waals surface area contributed by atoms with Gasteiger partial charge in [-0.25, -0.2) is 5.10 Å². The number of anilines is 1. The highest BCUT2D eigenvalue weighted by Gasteiger charge is 2.20. The molecule has 0 aromatic carbocycles. The molecule has 1 fully saturated rings. The van der Waals surface area contributed by atoms with Crippen LogP contribution in [0.2, 0.25) is 0 Å². The molecular weight excluding hydrogens is 220 g/mol. The Kier molecular flexibility index (Phi) is 3.63. The lowest BCUT2D eigenvalue weighted by Gasteiger charge is -2.27. The van der Waals surface area contributed by atoms with Crippen molar-refractivity contribution in [3.8, 4) is 0 Å². The average Bonchev–Trinajstić information content (AvgIpc) is 2.53. The van der Waals surface area contributed by atoms with Crippen molar-refractivity contribution in [1.29, 1.82) is 0 Å². The van der Waals surface area contributed by atoms with Gasteiger partial charge in [-0.2, -0.15) is 0 Å². The van der Waals surface area contributed by atoms with E-state index in [1.807, 2.05) is 11.6 Å². The first-order valence-electron chi connectivity index (χ1n) is 6.04. The fourth-order valence-electron chi connectivity index (χ4n) is 2.46. The molecule has 5 heteroatoms. The Hall–Kier alpha value is -0.840. The van der Waals surface area contributed by atoms with Gasteiger partial charge < -0.3 is 4.90 Å². The van der Waals surface area contributed by atoms with Gasteiger partial charge in [-0.15, -0.1) is 5.10 Å². The summed E-state index contributed by atoms with van der Waals surface area (Å²) in [5.74, 6) is 0.955. The van der Waals surface area contributed by atoms with E-state index in [1.54, 1.807) is 0 Å². The van der Waals surface area contributed by atoms with Gasteiger partial charge in [-0.3, -0.25) is 4.57 Å². The molecule has 0 atom stereocenters. The van der Waals surface area contributed by atoms with E-state index in [9.17, 15) is 0 Å². The maximum Gasteiger partial charge on any atom is 0.225 e. The van der Waals surface area contributed by atoms with Crippen molar-refractivity contribution in [3.63, 3.8) is 0 Å². The van der Waals surface area contributed by atoms with Crippen molar-refractivity contribution >= 4 is 18.2 Å². The summed E-state index contributed by atoms with van der Waals surface area (Å²) < 4.78 is 2.63. The Labute approximate surface area is 102 Å². The molecule has 0 saturated heterocycles. The third-order valence-electron chi connectivity index (χ3n) is 3.54. The van der Waals surface area contributed by atoms with Gasteiger partial charge in [0.05, 0.1) is 0 Å². The van der Waals surface area contributed by atoms with Gasteiger partial charge in [0, 0.05) is 20.1 Å². The summed E-state index contributed by atoms with van der Waals surface area (Å²) in [4.78, 5) is 2.28. The van der Waals surface area contributed by atoms with Crippen LogP contribution in [0.15, 0.2) is 0 Å². The molecule has 0 spiro atoms. The molecule has 90 valence electrons. The first-order valence-corrected chi connectivity index (χ1v) is 6.45. The van der Waals surface area contributed by atoms with E-state index < -0.39 is 0 Å². The maximum atomic E-state index is 5.14. The summed E-state index contributed by atoms with van der Waals surface area (Å²) in [6, 6.07) is 0.617. The summed E-state index contributed by atoms with van der Waals surface area (Å²) >= 11 is 5.14. The molecule has 1 aromatic heterocycles. The fourth-order valence-corrected chi connectivity index (χ4v) is 2.59. The highest BCUT2D eigenvalue weighted by molar-refractivity contribution is 7.71. The van der Waals surface area contributed by atoms with Crippen molar-refractivity contribution in [2.24, 2.45) is 7.05 Å². The largest absolute Gasteiger partial charge is 0.341 e. The molecule has 1 N–H and O–H groups in total. The SMILES string of the molecule is CN(c1n[nH]c(=S)n1C)C1CCCCCC1. The number of H-pyrrole nitrogens is 1. The molecule has 0 unspecified atom stereocenters. The van der Waals surface area contributed by atoms with E-state index in [2.05, 4.69) is 22.1 Å². The lowest BCUT2D eigenvalue weighted by atomic mass is 10.1. The van der Waals surface area contributed by atoms with Gasteiger partial charge in [0.2, 0.25) is 5.95 Å². The molecule has 1 aliphatic carbocycles. The molecule has 2 rings (SSSR count). The minimum atomic E-state index is 0.617.